The number of aliphatic hydroxyl groups excluding tert-OH is 1. The van der Waals surface area contributed by atoms with E-state index in [1.54, 1.807) is 17.4 Å². The first kappa shape index (κ1) is 13.9. The number of amides is 1. The average Bonchev–Trinajstić information content (AvgIpc) is 2.71. The molecule has 4 nitrogen and oxygen atoms in total. The van der Waals surface area contributed by atoms with E-state index in [2.05, 4.69) is 10.3 Å². The quantitative estimate of drug-likeness (QED) is 0.785. The topological polar surface area (TPSA) is 62.2 Å². The van der Waals surface area contributed by atoms with Gasteiger partial charge in [0.05, 0.1) is 10.7 Å². The van der Waals surface area contributed by atoms with Gasteiger partial charge in [0.1, 0.15) is 0 Å². The molecule has 0 aromatic carbocycles. The SMILES string of the molecule is Cc1nc(/C=C/C(=O)NC(C)C(C)CO)cs1. The number of nitrogens with zero attached hydrogens (tertiary/aromatic N) is 1. The number of thiazole rings is 1. The minimum absolute atomic E-state index is 0.0469. The number of nitrogens with one attached hydrogen (secondary N) is 1. The van der Waals surface area contributed by atoms with Gasteiger partial charge in [-0.2, -0.15) is 0 Å². The van der Waals surface area contributed by atoms with Crippen LogP contribution in [-0.2, 0) is 4.79 Å². The van der Waals surface area contributed by atoms with E-state index in [4.69, 9.17) is 5.11 Å². The van der Waals surface area contributed by atoms with E-state index in [9.17, 15) is 4.79 Å². The maximum atomic E-state index is 11.6. The van der Waals surface area contributed by atoms with E-state index in [-0.39, 0.29) is 24.5 Å². The van der Waals surface area contributed by atoms with E-state index in [1.165, 1.54) is 6.08 Å². The Morgan fingerprint density at radius 2 is 2.35 bits per heavy atom. The molecule has 94 valence electrons. The Morgan fingerprint density at radius 3 is 2.88 bits per heavy atom. The molecule has 0 spiro atoms. The van der Waals surface area contributed by atoms with Crippen molar-refractivity contribution in [2.24, 2.45) is 5.92 Å². The van der Waals surface area contributed by atoms with E-state index >= 15 is 0 Å². The number of hydrogen-bond acceptors (Lipinski definition) is 4. The van der Waals surface area contributed by atoms with Crippen LogP contribution in [-0.4, -0.2) is 28.6 Å². The molecule has 1 amide bonds. The highest BCUT2D eigenvalue weighted by Gasteiger charge is 2.12. The van der Waals surface area contributed by atoms with E-state index in [0.29, 0.717) is 0 Å². The van der Waals surface area contributed by atoms with Crippen LogP contribution in [0.15, 0.2) is 11.5 Å². The van der Waals surface area contributed by atoms with E-state index in [0.717, 1.165) is 10.7 Å². The average molecular weight is 254 g/mol. The van der Waals surface area contributed by atoms with Gasteiger partial charge in [-0.1, -0.05) is 6.92 Å². The van der Waals surface area contributed by atoms with Crippen LogP contribution in [0.5, 0.6) is 0 Å². The molecule has 0 aliphatic carbocycles. The molecule has 0 saturated carbocycles. The molecular weight excluding hydrogens is 236 g/mol. The second kappa shape index (κ2) is 6.51. The van der Waals surface area contributed by atoms with E-state index in [1.807, 2.05) is 26.2 Å². The number of aromatic nitrogens is 1. The Morgan fingerprint density at radius 1 is 1.65 bits per heavy atom. The fraction of sp³-hybridized carbons (Fsp3) is 0.500. The van der Waals surface area contributed by atoms with Gasteiger partial charge >= 0.3 is 0 Å². The molecule has 1 aromatic rings. The third kappa shape index (κ3) is 4.66. The molecule has 0 bridgehead atoms. The number of aliphatic hydroxyl groups is 1. The lowest BCUT2D eigenvalue weighted by atomic mass is 10.1. The molecule has 1 heterocycles. The van der Waals surface area contributed by atoms with Gasteiger partial charge in [-0.05, 0) is 25.8 Å². The third-order valence-corrected chi connectivity index (χ3v) is 3.35. The number of carbonyl (C=O) groups excluding carboxylic acids is 1. The number of rotatable bonds is 5. The Hall–Kier alpha value is -1.20. The predicted molar refractivity (Wildman–Crippen MR) is 69.7 cm³/mol. The van der Waals surface area contributed by atoms with Crippen molar-refractivity contribution in [3.63, 3.8) is 0 Å². The minimum atomic E-state index is -0.163. The zero-order chi connectivity index (χ0) is 12.8. The summed E-state index contributed by atoms with van der Waals surface area (Å²) in [6.45, 7) is 5.75. The summed E-state index contributed by atoms with van der Waals surface area (Å²) in [5.74, 6) is -0.114. The fourth-order valence-corrected chi connectivity index (χ4v) is 1.77. The molecule has 0 fully saturated rings. The summed E-state index contributed by atoms with van der Waals surface area (Å²) < 4.78 is 0. The van der Waals surface area contributed by atoms with Crippen molar-refractivity contribution < 1.29 is 9.90 Å². The van der Waals surface area contributed by atoms with Crippen molar-refractivity contribution in [3.8, 4) is 0 Å². The van der Waals surface area contributed by atoms with Crippen LogP contribution in [0.1, 0.15) is 24.5 Å². The van der Waals surface area contributed by atoms with Crippen LogP contribution in [0.4, 0.5) is 0 Å². The first-order valence-corrected chi connectivity index (χ1v) is 6.42. The molecule has 0 saturated heterocycles. The molecule has 2 unspecified atom stereocenters. The normalized spacial score (nSPS) is 14.8. The minimum Gasteiger partial charge on any atom is -0.396 e. The number of carbonyl (C=O) groups is 1. The smallest absolute Gasteiger partial charge is 0.244 e. The summed E-state index contributed by atoms with van der Waals surface area (Å²) in [6.07, 6.45) is 3.16. The van der Waals surface area contributed by atoms with Gasteiger partial charge < -0.3 is 10.4 Å². The largest absolute Gasteiger partial charge is 0.396 e. The fourth-order valence-electron chi connectivity index (χ4n) is 1.19. The van der Waals surface area contributed by atoms with Crippen LogP contribution >= 0.6 is 11.3 Å². The number of hydrogen-bond donors (Lipinski definition) is 2. The zero-order valence-electron chi connectivity index (χ0n) is 10.3. The van der Waals surface area contributed by atoms with Gasteiger partial charge in [0.15, 0.2) is 0 Å². The van der Waals surface area contributed by atoms with Crippen LogP contribution in [0.2, 0.25) is 0 Å². The second-order valence-electron chi connectivity index (χ2n) is 4.08. The van der Waals surface area contributed by atoms with Crippen LogP contribution in [0.25, 0.3) is 6.08 Å². The van der Waals surface area contributed by atoms with Crippen molar-refractivity contribution in [1.82, 2.24) is 10.3 Å². The maximum Gasteiger partial charge on any atom is 0.244 e. The zero-order valence-corrected chi connectivity index (χ0v) is 11.1. The molecule has 2 atom stereocenters. The summed E-state index contributed by atoms with van der Waals surface area (Å²) in [5, 5.41) is 14.6. The summed E-state index contributed by atoms with van der Waals surface area (Å²) in [7, 11) is 0. The summed E-state index contributed by atoms with van der Waals surface area (Å²) in [4.78, 5) is 15.8. The first-order valence-electron chi connectivity index (χ1n) is 5.54. The van der Waals surface area contributed by atoms with Crippen molar-refractivity contribution >= 4 is 23.3 Å². The lowest BCUT2D eigenvalue weighted by molar-refractivity contribution is -0.117. The molecule has 5 heteroatoms. The molecule has 2 N–H and O–H groups in total. The van der Waals surface area contributed by atoms with Gasteiger partial charge in [0.25, 0.3) is 0 Å². The summed E-state index contributed by atoms with van der Waals surface area (Å²) in [5.41, 5.74) is 0.797. The van der Waals surface area contributed by atoms with E-state index < -0.39 is 0 Å². The monoisotopic (exact) mass is 254 g/mol. The molecule has 17 heavy (non-hydrogen) atoms. The molecule has 0 aliphatic heterocycles. The van der Waals surface area contributed by atoms with Gasteiger partial charge in [-0.15, -0.1) is 11.3 Å². The Bertz CT molecular complexity index is 401. The Kier molecular flexibility index (Phi) is 5.31. The lowest BCUT2D eigenvalue weighted by Crippen LogP contribution is -2.37. The first-order chi connectivity index (χ1) is 8.02. The maximum absolute atomic E-state index is 11.6. The van der Waals surface area contributed by atoms with Crippen molar-refractivity contribution in [1.29, 1.82) is 0 Å². The highest BCUT2D eigenvalue weighted by Crippen LogP contribution is 2.09. The Labute approximate surface area is 105 Å². The summed E-state index contributed by atoms with van der Waals surface area (Å²) >= 11 is 1.55. The Balaban J connectivity index is 2.47. The second-order valence-corrected chi connectivity index (χ2v) is 5.14. The highest BCUT2D eigenvalue weighted by molar-refractivity contribution is 7.09. The summed E-state index contributed by atoms with van der Waals surface area (Å²) in [6, 6.07) is -0.0469. The van der Waals surface area contributed by atoms with Crippen molar-refractivity contribution in [3.05, 3.63) is 22.2 Å². The third-order valence-electron chi connectivity index (χ3n) is 2.55. The number of aryl methyl sites for hydroxylation is 1. The van der Waals surface area contributed by atoms with Gasteiger partial charge in [-0.25, -0.2) is 4.98 Å². The molecular formula is C12H18N2O2S. The van der Waals surface area contributed by atoms with Crippen LogP contribution < -0.4 is 5.32 Å². The predicted octanol–water partition coefficient (Wildman–Crippen LogP) is 1.60. The molecule has 1 aromatic heterocycles. The molecule has 0 radical (unpaired) electrons. The molecule has 1 rings (SSSR count). The molecule has 0 aliphatic rings. The van der Waals surface area contributed by atoms with Gasteiger partial charge in [-0.3, -0.25) is 4.79 Å². The van der Waals surface area contributed by atoms with Crippen molar-refractivity contribution in [2.75, 3.05) is 6.61 Å². The van der Waals surface area contributed by atoms with Crippen LogP contribution in [0, 0.1) is 12.8 Å². The van der Waals surface area contributed by atoms with Gasteiger partial charge in [0, 0.05) is 24.1 Å². The van der Waals surface area contributed by atoms with Gasteiger partial charge in [0.2, 0.25) is 5.91 Å². The standard InChI is InChI=1S/C12H18N2O2S/c1-8(6-15)9(2)13-12(16)5-4-11-7-17-10(3)14-11/h4-5,7-9,15H,6H2,1-3H3,(H,13,16)/b5-4+. The lowest BCUT2D eigenvalue weighted by Gasteiger charge is -2.17. The van der Waals surface area contributed by atoms with Crippen molar-refractivity contribution in [2.45, 2.75) is 26.8 Å². The van der Waals surface area contributed by atoms with Crippen LogP contribution in [0.3, 0.4) is 0 Å². The highest BCUT2D eigenvalue weighted by atomic mass is 32.1.